The summed E-state index contributed by atoms with van der Waals surface area (Å²) < 4.78 is 10.6. The lowest BCUT2D eigenvalue weighted by Crippen LogP contribution is -2.44. The third-order valence-corrected chi connectivity index (χ3v) is 2.72. The highest BCUT2D eigenvalue weighted by molar-refractivity contribution is 5.67. The highest BCUT2D eigenvalue weighted by Gasteiger charge is 2.26. The van der Waals surface area contributed by atoms with E-state index in [0.29, 0.717) is 25.7 Å². The molecule has 1 atom stereocenters. The molecule has 0 radical (unpaired) electrons. The number of hydrogen-bond acceptors (Lipinski definition) is 5. The molecule has 98 valence electrons. The van der Waals surface area contributed by atoms with Gasteiger partial charge < -0.3 is 14.4 Å². The zero-order valence-electron chi connectivity index (χ0n) is 10.4. The number of carbonyl (C=O) groups is 1. The van der Waals surface area contributed by atoms with Crippen molar-refractivity contribution in [3.05, 3.63) is 18.5 Å². The Labute approximate surface area is 106 Å². The molecule has 0 saturated carbocycles. The lowest BCUT2D eigenvalue weighted by molar-refractivity contribution is 0.0575. The fourth-order valence-corrected chi connectivity index (χ4v) is 1.91. The van der Waals surface area contributed by atoms with Crippen molar-refractivity contribution in [2.75, 3.05) is 19.7 Å². The van der Waals surface area contributed by atoms with E-state index in [1.54, 1.807) is 30.3 Å². The first kappa shape index (κ1) is 12.6. The zero-order valence-corrected chi connectivity index (χ0v) is 10.4. The number of ether oxygens (including phenoxy) is 2. The molecular weight excluding hydrogens is 234 g/mol. The maximum atomic E-state index is 11.6. The highest BCUT2D eigenvalue weighted by atomic mass is 16.6. The van der Waals surface area contributed by atoms with E-state index in [1.807, 2.05) is 0 Å². The van der Waals surface area contributed by atoms with Crippen LogP contribution in [0, 0.1) is 0 Å². The van der Waals surface area contributed by atoms with Crippen molar-refractivity contribution in [2.45, 2.75) is 25.9 Å². The van der Waals surface area contributed by atoms with Gasteiger partial charge in [-0.2, -0.15) is 0 Å². The van der Waals surface area contributed by atoms with Gasteiger partial charge in [-0.3, -0.25) is 0 Å². The van der Waals surface area contributed by atoms with Gasteiger partial charge in [0.25, 0.3) is 0 Å². The minimum Gasteiger partial charge on any atom is -0.458 e. The highest BCUT2D eigenvalue weighted by Crippen LogP contribution is 2.15. The number of nitrogens with zero attached hydrogens (tertiary/aromatic N) is 3. The van der Waals surface area contributed by atoms with Crippen LogP contribution in [0.1, 0.15) is 19.8 Å². The van der Waals surface area contributed by atoms with Gasteiger partial charge in [-0.1, -0.05) is 0 Å². The average molecular weight is 251 g/mol. The molecule has 2 rings (SSSR count). The fourth-order valence-electron chi connectivity index (χ4n) is 1.91. The summed E-state index contributed by atoms with van der Waals surface area (Å²) in [5, 5.41) is 0. The van der Waals surface area contributed by atoms with Crippen molar-refractivity contribution in [2.24, 2.45) is 0 Å². The maximum Gasteiger partial charge on any atom is 0.409 e. The first-order valence-electron chi connectivity index (χ1n) is 6.15. The van der Waals surface area contributed by atoms with E-state index in [2.05, 4.69) is 9.97 Å². The monoisotopic (exact) mass is 251 g/mol. The Hall–Kier alpha value is -1.85. The molecule has 1 saturated heterocycles. The topological polar surface area (TPSA) is 64.5 Å². The van der Waals surface area contributed by atoms with Gasteiger partial charge in [-0.15, -0.1) is 0 Å². The number of carbonyl (C=O) groups excluding carboxylic acids is 1. The van der Waals surface area contributed by atoms with Gasteiger partial charge in [0.05, 0.1) is 13.2 Å². The summed E-state index contributed by atoms with van der Waals surface area (Å²) in [6.07, 6.45) is 4.72. The van der Waals surface area contributed by atoms with Crippen LogP contribution in [-0.2, 0) is 4.74 Å². The molecule has 0 spiro atoms. The van der Waals surface area contributed by atoms with Crippen molar-refractivity contribution in [1.29, 1.82) is 0 Å². The molecule has 0 bridgehead atoms. The predicted molar refractivity (Wildman–Crippen MR) is 64.3 cm³/mol. The molecule has 6 heteroatoms. The van der Waals surface area contributed by atoms with Gasteiger partial charge in [-0.05, 0) is 25.8 Å². The van der Waals surface area contributed by atoms with E-state index < -0.39 is 0 Å². The summed E-state index contributed by atoms with van der Waals surface area (Å²) >= 11 is 0. The van der Waals surface area contributed by atoms with Crippen LogP contribution in [0.3, 0.4) is 0 Å². The molecule has 0 aliphatic carbocycles. The minimum absolute atomic E-state index is 0.0643. The average Bonchev–Trinajstić information content (AvgIpc) is 2.40. The number of hydrogen-bond donors (Lipinski definition) is 0. The Balaban J connectivity index is 1.89. The van der Waals surface area contributed by atoms with Crippen molar-refractivity contribution in [3.8, 4) is 6.01 Å². The van der Waals surface area contributed by atoms with E-state index >= 15 is 0 Å². The predicted octanol–water partition coefficient (Wildman–Crippen LogP) is 1.48. The van der Waals surface area contributed by atoms with Crippen LogP contribution in [0.25, 0.3) is 0 Å². The van der Waals surface area contributed by atoms with Crippen LogP contribution in [-0.4, -0.2) is 46.8 Å². The third kappa shape index (κ3) is 3.32. The molecule has 0 N–H and O–H groups in total. The van der Waals surface area contributed by atoms with Crippen LogP contribution in [0.5, 0.6) is 6.01 Å². The minimum atomic E-state index is -0.278. The molecule has 1 aromatic rings. The summed E-state index contributed by atoms with van der Waals surface area (Å²) in [7, 11) is 0. The molecular formula is C12H17N3O3. The van der Waals surface area contributed by atoms with Crippen molar-refractivity contribution >= 4 is 6.09 Å². The summed E-state index contributed by atoms with van der Waals surface area (Å²) in [5.41, 5.74) is 0. The lowest BCUT2D eigenvalue weighted by atomic mass is 10.1. The van der Waals surface area contributed by atoms with Gasteiger partial charge >= 0.3 is 12.1 Å². The van der Waals surface area contributed by atoms with E-state index in [-0.39, 0.29) is 12.2 Å². The fraction of sp³-hybridized carbons (Fsp3) is 0.583. The SMILES string of the molecule is CCOC(=O)N1CCCC(Oc2ncccn2)C1. The van der Waals surface area contributed by atoms with E-state index in [9.17, 15) is 4.79 Å². The lowest BCUT2D eigenvalue weighted by Gasteiger charge is -2.31. The molecule has 1 amide bonds. The van der Waals surface area contributed by atoms with Crippen molar-refractivity contribution in [3.63, 3.8) is 0 Å². The first-order chi connectivity index (χ1) is 8.79. The van der Waals surface area contributed by atoms with Gasteiger partial charge in [0.15, 0.2) is 0 Å². The number of aromatic nitrogens is 2. The van der Waals surface area contributed by atoms with Crippen LogP contribution < -0.4 is 4.74 Å². The Morgan fingerprint density at radius 2 is 2.28 bits per heavy atom. The van der Waals surface area contributed by atoms with E-state index in [1.165, 1.54) is 0 Å². The van der Waals surface area contributed by atoms with E-state index in [0.717, 1.165) is 12.8 Å². The van der Waals surface area contributed by atoms with Gasteiger partial charge in [0.2, 0.25) is 0 Å². The molecule has 1 aromatic heterocycles. The Morgan fingerprint density at radius 3 is 3.00 bits per heavy atom. The Morgan fingerprint density at radius 1 is 1.50 bits per heavy atom. The van der Waals surface area contributed by atoms with Crippen LogP contribution in [0.15, 0.2) is 18.5 Å². The normalized spacial score (nSPS) is 19.4. The van der Waals surface area contributed by atoms with Crippen molar-refractivity contribution < 1.29 is 14.3 Å². The van der Waals surface area contributed by atoms with Crippen LogP contribution >= 0.6 is 0 Å². The van der Waals surface area contributed by atoms with Gasteiger partial charge in [0.1, 0.15) is 6.10 Å². The molecule has 1 fully saturated rings. The second kappa shape index (κ2) is 6.18. The summed E-state index contributed by atoms with van der Waals surface area (Å²) in [6.45, 7) is 3.43. The standard InChI is InChI=1S/C12H17N3O3/c1-2-17-12(16)15-8-3-5-10(9-15)18-11-13-6-4-7-14-11/h4,6-7,10H,2-3,5,8-9H2,1H3. The molecule has 1 aliphatic heterocycles. The summed E-state index contributed by atoms with van der Waals surface area (Å²) in [5.74, 6) is 0. The van der Waals surface area contributed by atoms with Crippen LogP contribution in [0.2, 0.25) is 0 Å². The van der Waals surface area contributed by atoms with E-state index in [4.69, 9.17) is 9.47 Å². The summed E-state index contributed by atoms with van der Waals surface area (Å²) in [6, 6.07) is 2.09. The largest absolute Gasteiger partial charge is 0.458 e. The van der Waals surface area contributed by atoms with Crippen molar-refractivity contribution in [1.82, 2.24) is 14.9 Å². The number of rotatable bonds is 3. The number of piperidine rings is 1. The Kier molecular flexibility index (Phi) is 4.33. The second-order valence-electron chi connectivity index (χ2n) is 4.06. The zero-order chi connectivity index (χ0) is 12.8. The summed E-state index contributed by atoms with van der Waals surface area (Å²) in [4.78, 5) is 21.3. The Bertz CT molecular complexity index is 385. The molecule has 1 unspecified atom stereocenters. The number of likely N-dealkylation sites (tertiary alicyclic amines) is 1. The first-order valence-corrected chi connectivity index (χ1v) is 6.15. The number of amides is 1. The van der Waals surface area contributed by atoms with Gasteiger partial charge in [0, 0.05) is 18.9 Å². The quantitative estimate of drug-likeness (QED) is 0.814. The molecule has 1 aliphatic rings. The smallest absolute Gasteiger partial charge is 0.409 e. The van der Waals surface area contributed by atoms with Gasteiger partial charge in [-0.25, -0.2) is 14.8 Å². The maximum absolute atomic E-state index is 11.6. The second-order valence-corrected chi connectivity index (χ2v) is 4.06. The molecule has 6 nitrogen and oxygen atoms in total. The molecule has 0 aromatic carbocycles. The molecule has 2 heterocycles. The molecule has 18 heavy (non-hydrogen) atoms. The van der Waals surface area contributed by atoms with Crippen LogP contribution in [0.4, 0.5) is 4.79 Å². The third-order valence-electron chi connectivity index (χ3n) is 2.72.